The lowest BCUT2D eigenvalue weighted by atomic mass is 10.1. The van der Waals surface area contributed by atoms with Crippen LogP contribution in [0.3, 0.4) is 0 Å². The summed E-state index contributed by atoms with van der Waals surface area (Å²) in [6.07, 6.45) is 0.393. The van der Waals surface area contributed by atoms with Crippen molar-refractivity contribution in [1.82, 2.24) is 15.6 Å². The molecule has 0 saturated carbocycles. The lowest BCUT2D eigenvalue weighted by Crippen LogP contribution is -2.54. The second-order valence-electron chi connectivity index (χ2n) is 3.25. The fourth-order valence-electron chi connectivity index (χ4n) is 1.29. The van der Waals surface area contributed by atoms with E-state index in [1.54, 1.807) is 6.92 Å². The first kappa shape index (κ1) is 12.1. The summed E-state index contributed by atoms with van der Waals surface area (Å²) in [5.74, 6) is -0.928. The van der Waals surface area contributed by atoms with Gasteiger partial charge in [0.15, 0.2) is 0 Å². The molecule has 88 valence electrons. The van der Waals surface area contributed by atoms with E-state index in [0.29, 0.717) is 5.01 Å². The van der Waals surface area contributed by atoms with Crippen LogP contribution in [0.25, 0.3) is 0 Å². The second-order valence-corrected chi connectivity index (χ2v) is 3.25. The van der Waals surface area contributed by atoms with Gasteiger partial charge in [0.1, 0.15) is 6.04 Å². The van der Waals surface area contributed by atoms with Gasteiger partial charge in [0, 0.05) is 13.0 Å². The number of hydrogen-bond donors (Lipinski definition) is 2. The number of nitrogens with zero attached hydrogens (tertiary/aromatic N) is 2. The van der Waals surface area contributed by atoms with Crippen molar-refractivity contribution >= 4 is 17.8 Å². The van der Waals surface area contributed by atoms with Gasteiger partial charge >= 0.3 is 6.03 Å². The highest BCUT2D eigenvalue weighted by molar-refractivity contribution is 6.01. The van der Waals surface area contributed by atoms with Crippen molar-refractivity contribution < 1.29 is 14.4 Å². The monoisotopic (exact) mass is 228 g/mol. The maximum Gasteiger partial charge on any atom is 0.341 e. The Hall–Kier alpha value is -1.99. The summed E-state index contributed by atoms with van der Waals surface area (Å²) in [6.45, 7) is 1.69. The van der Waals surface area contributed by atoms with Crippen LogP contribution in [0.2, 0.25) is 0 Å². The number of amides is 4. The number of hydrogen-bond acceptors (Lipinski definition) is 5. The Morgan fingerprint density at radius 1 is 1.62 bits per heavy atom. The van der Waals surface area contributed by atoms with Crippen molar-refractivity contribution in [3.8, 4) is 0 Å². The topological polar surface area (TPSA) is 108 Å². The molecule has 2 N–H and O–H groups in total. The molecule has 1 aliphatic heterocycles. The molecule has 4 amide bonds. The summed E-state index contributed by atoms with van der Waals surface area (Å²) in [5, 5.41) is 7.55. The quantitative estimate of drug-likeness (QED) is 0.385. The summed E-state index contributed by atoms with van der Waals surface area (Å²) in [7, 11) is 0. The summed E-state index contributed by atoms with van der Waals surface area (Å²) < 4.78 is 0. The van der Waals surface area contributed by atoms with Crippen LogP contribution in [0.1, 0.15) is 19.8 Å². The first-order valence-corrected chi connectivity index (χ1v) is 4.83. The molecule has 1 fully saturated rings. The number of piperidine rings is 1. The minimum absolute atomic E-state index is 0.114. The summed E-state index contributed by atoms with van der Waals surface area (Å²) in [4.78, 5) is 43.7. The van der Waals surface area contributed by atoms with Gasteiger partial charge in [-0.25, -0.2) is 4.79 Å². The highest BCUT2D eigenvalue weighted by Gasteiger charge is 2.29. The fraction of sp³-hybridized carbons (Fsp3) is 0.625. The normalized spacial score (nSPS) is 19.9. The van der Waals surface area contributed by atoms with Crippen LogP contribution in [0.4, 0.5) is 4.79 Å². The fourth-order valence-corrected chi connectivity index (χ4v) is 1.29. The molecule has 0 radical (unpaired) electrons. The van der Waals surface area contributed by atoms with Crippen LogP contribution in [0.15, 0.2) is 5.29 Å². The van der Waals surface area contributed by atoms with E-state index in [-0.39, 0.29) is 25.3 Å². The molecule has 8 heteroatoms. The first-order valence-electron chi connectivity index (χ1n) is 4.83. The smallest absolute Gasteiger partial charge is 0.325 e. The van der Waals surface area contributed by atoms with Crippen LogP contribution in [0, 0.1) is 4.91 Å². The van der Waals surface area contributed by atoms with Crippen LogP contribution in [0.5, 0.6) is 0 Å². The van der Waals surface area contributed by atoms with E-state index in [1.165, 1.54) is 0 Å². The molecule has 0 bridgehead atoms. The van der Waals surface area contributed by atoms with Crippen molar-refractivity contribution in [2.24, 2.45) is 5.29 Å². The summed E-state index contributed by atoms with van der Waals surface area (Å²) >= 11 is 0. The van der Waals surface area contributed by atoms with Gasteiger partial charge < -0.3 is 5.32 Å². The molecule has 1 heterocycles. The molecule has 1 rings (SSSR count). The zero-order valence-corrected chi connectivity index (χ0v) is 8.73. The van der Waals surface area contributed by atoms with Crippen molar-refractivity contribution in [2.75, 3.05) is 6.54 Å². The molecule has 8 nitrogen and oxygen atoms in total. The van der Waals surface area contributed by atoms with Crippen LogP contribution in [-0.4, -0.2) is 35.4 Å². The molecule has 16 heavy (non-hydrogen) atoms. The number of carbonyl (C=O) groups is 3. The zero-order chi connectivity index (χ0) is 12.1. The Kier molecular flexibility index (Phi) is 3.92. The minimum Gasteiger partial charge on any atom is -0.325 e. The third-order valence-electron chi connectivity index (χ3n) is 2.17. The van der Waals surface area contributed by atoms with E-state index in [0.717, 1.165) is 0 Å². The van der Waals surface area contributed by atoms with Gasteiger partial charge in [-0.1, -0.05) is 0 Å². The first-order chi connectivity index (χ1) is 7.58. The number of imide groups is 1. The highest BCUT2D eigenvalue weighted by atomic mass is 16.3. The van der Waals surface area contributed by atoms with Crippen LogP contribution >= 0.6 is 0 Å². The van der Waals surface area contributed by atoms with E-state index < -0.39 is 18.0 Å². The second kappa shape index (κ2) is 5.19. The summed E-state index contributed by atoms with van der Waals surface area (Å²) in [5.41, 5.74) is 0. The zero-order valence-electron chi connectivity index (χ0n) is 8.73. The lowest BCUT2D eigenvalue weighted by molar-refractivity contribution is -0.134. The number of nitroso groups, excluding NO2 is 1. The largest absolute Gasteiger partial charge is 0.341 e. The molecule has 1 unspecified atom stereocenters. The lowest BCUT2D eigenvalue weighted by Gasteiger charge is -2.23. The predicted octanol–water partition coefficient (Wildman–Crippen LogP) is -0.495. The van der Waals surface area contributed by atoms with Crippen LogP contribution in [-0.2, 0) is 9.59 Å². The van der Waals surface area contributed by atoms with E-state index in [9.17, 15) is 19.3 Å². The number of urea groups is 1. The Labute approximate surface area is 91.3 Å². The Bertz CT molecular complexity index is 330. The van der Waals surface area contributed by atoms with Gasteiger partial charge in [-0.05, 0) is 13.3 Å². The van der Waals surface area contributed by atoms with Crippen molar-refractivity contribution in [3.05, 3.63) is 4.91 Å². The Morgan fingerprint density at radius 3 is 2.81 bits per heavy atom. The molecule has 1 saturated heterocycles. The minimum atomic E-state index is -0.791. The molecule has 0 aliphatic carbocycles. The van der Waals surface area contributed by atoms with E-state index >= 15 is 0 Å². The number of carbonyl (C=O) groups excluding carboxylic acids is 3. The third-order valence-corrected chi connectivity index (χ3v) is 2.17. The Morgan fingerprint density at radius 2 is 2.31 bits per heavy atom. The van der Waals surface area contributed by atoms with Crippen molar-refractivity contribution in [3.63, 3.8) is 0 Å². The molecule has 0 aromatic rings. The van der Waals surface area contributed by atoms with Gasteiger partial charge in [-0.3, -0.25) is 14.9 Å². The van der Waals surface area contributed by atoms with Gasteiger partial charge in [-0.15, -0.1) is 4.91 Å². The van der Waals surface area contributed by atoms with Gasteiger partial charge in [0.05, 0.1) is 5.29 Å². The molecule has 0 spiro atoms. The van der Waals surface area contributed by atoms with Crippen molar-refractivity contribution in [1.29, 1.82) is 0 Å². The van der Waals surface area contributed by atoms with Gasteiger partial charge in [-0.2, -0.15) is 5.01 Å². The van der Waals surface area contributed by atoms with Gasteiger partial charge in [0.25, 0.3) is 0 Å². The van der Waals surface area contributed by atoms with E-state index in [4.69, 9.17) is 0 Å². The molecule has 0 aromatic carbocycles. The average molecular weight is 228 g/mol. The van der Waals surface area contributed by atoms with Gasteiger partial charge in [0.2, 0.25) is 11.8 Å². The predicted molar refractivity (Wildman–Crippen MR) is 52.9 cm³/mol. The number of rotatable bonds is 3. The molecular formula is C8H12N4O4. The standard InChI is InChI=1S/C8H12N4O4/c1-2-12(11-16)8(15)9-5-3-4-6(13)10-7(5)14/h5H,2-4H2,1H3,(H,9,15)(H,10,13,14). The number of nitrogens with one attached hydrogen (secondary N) is 2. The van der Waals surface area contributed by atoms with Crippen LogP contribution < -0.4 is 10.6 Å². The van der Waals surface area contributed by atoms with Crippen molar-refractivity contribution in [2.45, 2.75) is 25.8 Å². The molecule has 1 atom stereocenters. The maximum atomic E-state index is 11.4. The van der Waals surface area contributed by atoms with E-state index in [2.05, 4.69) is 15.9 Å². The SMILES string of the molecule is CCN(N=O)C(=O)NC1CCC(=O)NC1=O. The average Bonchev–Trinajstić information content (AvgIpc) is 2.24. The highest BCUT2D eigenvalue weighted by Crippen LogP contribution is 2.05. The third kappa shape index (κ3) is 2.75. The molecule has 1 aliphatic rings. The molecule has 0 aromatic heterocycles. The Balaban J connectivity index is 2.54. The maximum absolute atomic E-state index is 11.4. The molecular weight excluding hydrogens is 216 g/mol. The van der Waals surface area contributed by atoms with E-state index in [1.807, 2.05) is 0 Å². The summed E-state index contributed by atoms with van der Waals surface area (Å²) in [6, 6.07) is -1.53.